The number of aromatic nitrogens is 1. The molecule has 72 valence electrons. The van der Waals surface area contributed by atoms with Crippen LogP contribution in [0.4, 0.5) is 0 Å². The molecule has 3 nitrogen and oxygen atoms in total. The molecule has 0 saturated carbocycles. The van der Waals surface area contributed by atoms with Crippen LogP contribution in [0.5, 0.6) is 0 Å². The molecule has 0 bridgehead atoms. The number of rotatable bonds is 1. The first kappa shape index (κ1) is 9.12. The molecule has 1 aliphatic rings. The van der Waals surface area contributed by atoms with Gasteiger partial charge in [-0.1, -0.05) is 24.3 Å². The molecule has 1 heterocycles. The van der Waals surface area contributed by atoms with E-state index < -0.39 is 12.2 Å². The van der Waals surface area contributed by atoms with Gasteiger partial charge in [0.2, 0.25) is 0 Å². The van der Waals surface area contributed by atoms with Crippen molar-refractivity contribution in [2.24, 2.45) is 0 Å². The third-order valence-corrected chi connectivity index (χ3v) is 2.19. The van der Waals surface area contributed by atoms with Gasteiger partial charge >= 0.3 is 0 Å². The molecule has 2 N–H and O–H groups in total. The SMILES string of the molecule is O[C@@H]1C(c2ccccn2)=CC=C[C@@H]1O. The summed E-state index contributed by atoms with van der Waals surface area (Å²) < 4.78 is 0. The summed E-state index contributed by atoms with van der Waals surface area (Å²) in [6.07, 6.45) is 4.98. The molecule has 2 atom stereocenters. The van der Waals surface area contributed by atoms with E-state index in [-0.39, 0.29) is 0 Å². The Balaban J connectivity index is 2.35. The third kappa shape index (κ3) is 1.60. The van der Waals surface area contributed by atoms with Crippen molar-refractivity contribution in [2.75, 3.05) is 0 Å². The second-order valence-electron chi connectivity index (χ2n) is 3.16. The second kappa shape index (κ2) is 3.74. The zero-order valence-corrected chi connectivity index (χ0v) is 7.54. The number of hydrogen-bond donors (Lipinski definition) is 2. The average molecular weight is 189 g/mol. The largest absolute Gasteiger partial charge is 0.386 e. The zero-order valence-electron chi connectivity index (χ0n) is 7.54. The molecule has 0 fully saturated rings. The van der Waals surface area contributed by atoms with E-state index in [4.69, 9.17) is 0 Å². The van der Waals surface area contributed by atoms with E-state index in [0.29, 0.717) is 11.3 Å². The Morgan fingerprint density at radius 1 is 1.21 bits per heavy atom. The molecule has 0 saturated heterocycles. The minimum atomic E-state index is -0.880. The smallest absolute Gasteiger partial charge is 0.111 e. The van der Waals surface area contributed by atoms with Crippen molar-refractivity contribution in [3.8, 4) is 0 Å². The minimum Gasteiger partial charge on any atom is -0.386 e. The molecular weight excluding hydrogens is 178 g/mol. The predicted octanol–water partition coefficient (Wildman–Crippen LogP) is 0.757. The highest BCUT2D eigenvalue weighted by Gasteiger charge is 2.22. The normalized spacial score (nSPS) is 26.0. The summed E-state index contributed by atoms with van der Waals surface area (Å²) in [5, 5.41) is 19.1. The van der Waals surface area contributed by atoms with E-state index in [9.17, 15) is 10.2 Å². The number of nitrogens with zero attached hydrogens (tertiary/aromatic N) is 1. The monoisotopic (exact) mass is 189 g/mol. The number of pyridine rings is 1. The Bertz CT molecular complexity index is 370. The zero-order chi connectivity index (χ0) is 9.97. The van der Waals surface area contributed by atoms with Gasteiger partial charge in [-0.15, -0.1) is 0 Å². The van der Waals surface area contributed by atoms with Gasteiger partial charge in [0.15, 0.2) is 0 Å². The second-order valence-corrected chi connectivity index (χ2v) is 3.16. The summed E-state index contributed by atoms with van der Waals surface area (Å²) in [7, 11) is 0. The van der Waals surface area contributed by atoms with Gasteiger partial charge in [0.05, 0.1) is 5.69 Å². The van der Waals surface area contributed by atoms with Crippen LogP contribution >= 0.6 is 0 Å². The van der Waals surface area contributed by atoms with Gasteiger partial charge in [0.1, 0.15) is 12.2 Å². The first-order valence-corrected chi connectivity index (χ1v) is 4.45. The van der Waals surface area contributed by atoms with E-state index in [1.165, 1.54) is 0 Å². The minimum absolute atomic E-state index is 0.653. The lowest BCUT2D eigenvalue weighted by atomic mass is 9.96. The highest BCUT2D eigenvalue weighted by atomic mass is 16.3. The standard InChI is InChI=1S/C11H11NO2/c13-10-6-3-4-8(11(10)14)9-5-1-2-7-12-9/h1-7,10-11,13-14H/t10-,11+/m0/s1. The maximum atomic E-state index is 9.68. The van der Waals surface area contributed by atoms with Crippen molar-refractivity contribution in [3.05, 3.63) is 48.3 Å². The van der Waals surface area contributed by atoms with Crippen LogP contribution in [0.2, 0.25) is 0 Å². The van der Waals surface area contributed by atoms with Crippen LogP contribution < -0.4 is 0 Å². The van der Waals surface area contributed by atoms with Gasteiger partial charge in [-0.25, -0.2) is 0 Å². The molecule has 14 heavy (non-hydrogen) atoms. The highest BCUT2D eigenvalue weighted by molar-refractivity contribution is 5.69. The van der Waals surface area contributed by atoms with E-state index in [0.717, 1.165) is 0 Å². The molecule has 1 aromatic rings. The van der Waals surface area contributed by atoms with E-state index >= 15 is 0 Å². The van der Waals surface area contributed by atoms with Gasteiger partial charge in [0, 0.05) is 11.8 Å². The molecule has 0 amide bonds. The lowest BCUT2D eigenvalue weighted by molar-refractivity contribution is 0.0857. The summed E-state index contributed by atoms with van der Waals surface area (Å²) in [4.78, 5) is 4.11. The molecule has 0 aromatic carbocycles. The van der Waals surface area contributed by atoms with Crippen molar-refractivity contribution >= 4 is 5.57 Å². The van der Waals surface area contributed by atoms with Crippen LogP contribution in [0, 0.1) is 0 Å². The number of allylic oxidation sites excluding steroid dienone is 2. The van der Waals surface area contributed by atoms with Gasteiger partial charge in [-0.05, 0) is 12.1 Å². The maximum Gasteiger partial charge on any atom is 0.111 e. The summed E-state index contributed by atoms with van der Waals surface area (Å²) in [6.45, 7) is 0. The fraction of sp³-hybridized carbons (Fsp3) is 0.182. The first-order chi connectivity index (χ1) is 6.79. The van der Waals surface area contributed by atoms with Crippen molar-refractivity contribution in [1.82, 2.24) is 4.98 Å². The molecule has 0 unspecified atom stereocenters. The molecule has 1 aliphatic carbocycles. The fourth-order valence-corrected chi connectivity index (χ4v) is 1.43. The summed E-state index contributed by atoms with van der Waals surface area (Å²) in [5.41, 5.74) is 1.35. The number of hydrogen-bond acceptors (Lipinski definition) is 3. The molecule has 2 rings (SSSR count). The van der Waals surface area contributed by atoms with Crippen LogP contribution in [0.1, 0.15) is 5.69 Å². The van der Waals surface area contributed by atoms with Crippen molar-refractivity contribution in [3.63, 3.8) is 0 Å². The molecule has 0 aliphatic heterocycles. The van der Waals surface area contributed by atoms with Crippen molar-refractivity contribution in [2.45, 2.75) is 12.2 Å². The predicted molar refractivity (Wildman–Crippen MR) is 53.4 cm³/mol. The average Bonchev–Trinajstić information content (AvgIpc) is 2.23. The van der Waals surface area contributed by atoms with E-state index in [1.807, 2.05) is 12.1 Å². The lowest BCUT2D eigenvalue weighted by Gasteiger charge is -2.20. The van der Waals surface area contributed by atoms with Gasteiger partial charge in [-0.3, -0.25) is 4.98 Å². The van der Waals surface area contributed by atoms with E-state index in [2.05, 4.69) is 4.98 Å². The Hall–Kier alpha value is -1.45. The Labute approximate surface area is 82.0 Å². The van der Waals surface area contributed by atoms with Gasteiger partial charge in [0.25, 0.3) is 0 Å². The number of aliphatic hydroxyl groups excluding tert-OH is 2. The molecular formula is C11H11NO2. The van der Waals surface area contributed by atoms with Crippen LogP contribution in [0.3, 0.4) is 0 Å². The van der Waals surface area contributed by atoms with Crippen molar-refractivity contribution < 1.29 is 10.2 Å². The highest BCUT2D eigenvalue weighted by Crippen LogP contribution is 2.22. The Kier molecular flexibility index (Phi) is 2.43. The molecule has 1 aromatic heterocycles. The lowest BCUT2D eigenvalue weighted by Crippen LogP contribution is -2.27. The van der Waals surface area contributed by atoms with Crippen molar-refractivity contribution in [1.29, 1.82) is 0 Å². The Morgan fingerprint density at radius 3 is 2.79 bits per heavy atom. The summed E-state index contributed by atoms with van der Waals surface area (Å²) in [6, 6.07) is 5.47. The van der Waals surface area contributed by atoms with Crippen LogP contribution in [-0.2, 0) is 0 Å². The van der Waals surface area contributed by atoms with Crippen LogP contribution in [-0.4, -0.2) is 27.4 Å². The number of aliphatic hydroxyl groups is 2. The molecule has 0 radical (unpaired) electrons. The molecule has 3 heteroatoms. The van der Waals surface area contributed by atoms with Crippen LogP contribution in [0.15, 0.2) is 42.6 Å². The third-order valence-electron chi connectivity index (χ3n) is 2.19. The Morgan fingerprint density at radius 2 is 2.07 bits per heavy atom. The van der Waals surface area contributed by atoms with Gasteiger partial charge in [-0.2, -0.15) is 0 Å². The summed E-state index contributed by atoms with van der Waals surface area (Å²) in [5.74, 6) is 0. The van der Waals surface area contributed by atoms with E-state index in [1.54, 1.807) is 30.5 Å². The fourth-order valence-electron chi connectivity index (χ4n) is 1.43. The topological polar surface area (TPSA) is 53.4 Å². The molecule has 0 spiro atoms. The maximum absolute atomic E-state index is 9.68. The first-order valence-electron chi connectivity index (χ1n) is 4.45. The quantitative estimate of drug-likeness (QED) is 0.685. The van der Waals surface area contributed by atoms with Crippen LogP contribution in [0.25, 0.3) is 5.57 Å². The van der Waals surface area contributed by atoms with Gasteiger partial charge < -0.3 is 10.2 Å². The summed E-state index contributed by atoms with van der Waals surface area (Å²) >= 11 is 0.